The van der Waals surface area contributed by atoms with Crippen LogP contribution in [0.25, 0.3) is 33.9 Å². The summed E-state index contributed by atoms with van der Waals surface area (Å²) in [7, 11) is 0. The zero-order valence-electron chi connectivity index (χ0n) is 16.1. The van der Waals surface area contributed by atoms with Gasteiger partial charge in [0, 0.05) is 23.4 Å². The molecular formula is C25H24N2O. The SMILES string of the molecule is CCCCNc1ccc(-c2cnc(-c3ccccc3-c3ccccc3)o2)cc1. The molecule has 28 heavy (non-hydrogen) atoms. The van der Waals surface area contributed by atoms with Crippen molar-refractivity contribution >= 4 is 5.69 Å². The second kappa shape index (κ2) is 8.57. The molecule has 0 aliphatic rings. The lowest BCUT2D eigenvalue weighted by molar-refractivity contribution is 0.589. The van der Waals surface area contributed by atoms with E-state index in [0.717, 1.165) is 40.2 Å². The summed E-state index contributed by atoms with van der Waals surface area (Å²) in [6, 6.07) is 26.9. The van der Waals surface area contributed by atoms with Gasteiger partial charge in [0.15, 0.2) is 5.76 Å². The summed E-state index contributed by atoms with van der Waals surface area (Å²) >= 11 is 0. The first kappa shape index (κ1) is 18.1. The van der Waals surface area contributed by atoms with Crippen molar-refractivity contribution in [2.24, 2.45) is 0 Å². The number of benzene rings is 3. The van der Waals surface area contributed by atoms with Gasteiger partial charge in [-0.05, 0) is 47.9 Å². The fourth-order valence-corrected chi connectivity index (χ4v) is 3.23. The molecule has 3 aromatic carbocycles. The highest BCUT2D eigenvalue weighted by molar-refractivity contribution is 5.80. The van der Waals surface area contributed by atoms with Crippen molar-refractivity contribution in [1.82, 2.24) is 4.98 Å². The standard InChI is InChI=1S/C25H24N2O/c1-2-3-17-26-21-15-13-20(14-16-21)24-18-27-25(28-24)23-12-8-7-11-22(23)19-9-5-4-6-10-19/h4-16,18,26H,2-3,17H2,1H3. The lowest BCUT2D eigenvalue weighted by Crippen LogP contribution is -2.00. The maximum atomic E-state index is 6.12. The monoisotopic (exact) mass is 368 g/mol. The number of nitrogens with one attached hydrogen (secondary N) is 1. The van der Waals surface area contributed by atoms with Gasteiger partial charge in [-0.15, -0.1) is 0 Å². The van der Waals surface area contributed by atoms with Gasteiger partial charge >= 0.3 is 0 Å². The van der Waals surface area contributed by atoms with Crippen LogP contribution in [0.2, 0.25) is 0 Å². The van der Waals surface area contributed by atoms with Crippen molar-refractivity contribution in [2.75, 3.05) is 11.9 Å². The molecule has 0 fully saturated rings. The molecule has 0 radical (unpaired) electrons. The number of aromatic nitrogens is 1. The normalized spacial score (nSPS) is 10.8. The molecule has 0 bridgehead atoms. The molecule has 1 N–H and O–H groups in total. The molecule has 0 saturated carbocycles. The van der Waals surface area contributed by atoms with E-state index in [4.69, 9.17) is 4.42 Å². The van der Waals surface area contributed by atoms with Crippen LogP contribution in [-0.2, 0) is 0 Å². The fourth-order valence-electron chi connectivity index (χ4n) is 3.23. The first-order chi connectivity index (χ1) is 13.8. The van der Waals surface area contributed by atoms with Gasteiger partial charge in [-0.25, -0.2) is 4.98 Å². The number of hydrogen-bond acceptors (Lipinski definition) is 3. The van der Waals surface area contributed by atoms with Gasteiger partial charge < -0.3 is 9.73 Å². The van der Waals surface area contributed by atoms with Crippen molar-refractivity contribution in [3.63, 3.8) is 0 Å². The Hall–Kier alpha value is -3.33. The predicted molar refractivity (Wildman–Crippen MR) is 116 cm³/mol. The second-order valence-electron chi connectivity index (χ2n) is 6.80. The van der Waals surface area contributed by atoms with E-state index >= 15 is 0 Å². The van der Waals surface area contributed by atoms with Crippen molar-refractivity contribution in [2.45, 2.75) is 19.8 Å². The zero-order valence-corrected chi connectivity index (χ0v) is 16.1. The molecule has 0 aliphatic carbocycles. The lowest BCUT2D eigenvalue weighted by atomic mass is 10.00. The van der Waals surface area contributed by atoms with Crippen molar-refractivity contribution < 1.29 is 4.42 Å². The summed E-state index contributed by atoms with van der Waals surface area (Å²) in [5.41, 5.74) is 5.42. The maximum absolute atomic E-state index is 6.12. The molecular weight excluding hydrogens is 344 g/mol. The highest BCUT2D eigenvalue weighted by Gasteiger charge is 2.13. The summed E-state index contributed by atoms with van der Waals surface area (Å²) in [5, 5.41) is 3.43. The third kappa shape index (κ3) is 3.99. The summed E-state index contributed by atoms with van der Waals surface area (Å²) < 4.78 is 6.12. The largest absolute Gasteiger partial charge is 0.436 e. The minimum absolute atomic E-state index is 0.639. The molecule has 0 spiro atoms. The topological polar surface area (TPSA) is 38.1 Å². The lowest BCUT2D eigenvalue weighted by Gasteiger charge is -2.07. The molecule has 0 aliphatic heterocycles. The van der Waals surface area contributed by atoms with Crippen molar-refractivity contribution in [1.29, 1.82) is 0 Å². The van der Waals surface area contributed by atoms with Gasteiger partial charge in [0.25, 0.3) is 0 Å². The molecule has 0 atom stereocenters. The van der Waals surface area contributed by atoms with Crippen LogP contribution in [0, 0.1) is 0 Å². The van der Waals surface area contributed by atoms with E-state index in [2.05, 4.69) is 65.8 Å². The van der Waals surface area contributed by atoms with Crippen LogP contribution in [0.5, 0.6) is 0 Å². The number of unbranched alkanes of at least 4 members (excludes halogenated alkanes) is 1. The minimum atomic E-state index is 0.639. The van der Waals surface area contributed by atoms with Gasteiger partial charge in [-0.2, -0.15) is 0 Å². The van der Waals surface area contributed by atoms with Gasteiger partial charge in [0.1, 0.15) is 0 Å². The van der Waals surface area contributed by atoms with Crippen molar-refractivity contribution in [3.8, 4) is 33.9 Å². The zero-order chi connectivity index (χ0) is 19.2. The van der Waals surface area contributed by atoms with Crippen LogP contribution in [0.4, 0.5) is 5.69 Å². The first-order valence-electron chi connectivity index (χ1n) is 9.80. The predicted octanol–water partition coefficient (Wildman–Crippen LogP) is 6.89. The highest BCUT2D eigenvalue weighted by atomic mass is 16.4. The summed E-state index contributed by atoms with van der Waals surface area (Å²) in [6.07, 6.45) is 4.17. The molecule has 4 aromatic rings. The Morgan fingerprint density at radius 1 is 0.786 bits per heavy atom. The van der Waals surface area contributed by atoms with E-state index in [1.54, 1.807) is 6.20 Å². The van der Waals surface area contributed by atoms with Crippen LogP contribution in [0.15, 0.2) is 89.5 Å². The molecule has 4 rings (SSSR count). The van der Waals surface area contributed by atoms with Gasteiger partial charge in [-0.3, -0.25) is 0 Å². The summed E-state index contributed by atoms with van der Waals surface area (Å²) in [4.78, 5) is 4.55. The van der Waals surface area contributed by atoms with E-state index < -0.39 is 0 Å². The molecule has 0 saturated heterocycles. The Morgan fingerprint density at radius 2 is 1.50 bits per heavy atom. The van der Waals surface area contributed by atoms with Crippen LogP contribution in [0.1, 0.15) is 19.8 Å². The molecule has 1 aromatic heterocycles. The number of rotatable bonds is 7. The van der Waals surface area contributed by atoms with E-state index in [0.29, 0.717) is 5.89 Å². The van der Waals surface area contributed by atoms with E-state index in [1.807, 2.05) is 30.3 Å². The highest BCUT2D eigenvalue weighted by Crippen LogP contribution is 2.33. The van der Waals surface area contributed by atoms with E-state index in [-0.39, 0.29) is 0 Å². The molecule has 140 valence electrons. The summed E-state index contributed by atoms with van der Waals surface area (Å²) in [6.45, 7) is 3.20. The third-order valence-electron chi connectivity index (χ3n) is 4.78. The Balaban J connectivity index is 1.59. The third-order valence-corrected chi connectivity index (χ3v) is 4.78. The quantitative estimate of drug-likeness (QED) is 0.361. The Bertz CT molecular complexity index is 1020. The second-order valence-corrected chi connectivity index (χ2v) is 6.80. The smallest absolute Gasteiger partial charge is 0.227 e. The van der Waals surface area contributed by atoms with Crippen LogP contribution in [-0.4, -0.2) is 11.5 Å². The van der Waals surface area contributed by atoms with Gasteiger partial charge in [-0.1, -0.05) is 61.9 Å². The molecule has 3 nitrogen and oxygen atoms in total. The fraction of sp³-hybridized carbons (Fsp3) is 0.160. The number of hydrogen-bond donors (Lipinski definition) is 1. The molecule has 0 amide bonds. The number of nitrogens with zero attached hydrogens (tertiary/aromatic N) is 1. The molecule has 0 unspecified atom stereocenters. The number of anilines is 1. The first-order valence-corrected chi connectivity index (χ1v) is 9.80. The Morgan fingerprint density at radius 3 is 2.25 bits per heavy atom. The van der Waals surface area contributed by atoms with Crippen LogP contribution < -0.4 is 5.32 Å². The Kier molecular flexibility index (Phi) is 5.53. The average molecular weight is 368 g/mol. The van der Waals surface area contributed by atoms with Gasteiger partial charge in [0.05, 0.1) is 6.20 Å². The van der Waals surface area contributed by atoms with Crippen LogP contribution >= 0.6 is 0 Å². The maximum Gasteiger partial charge on any atom is 0.227 e. The van der Waals surface area contributed by atoms with E-state index in [1.165, 1.54) is 12.8 Å². The number of oxazole rings is 1. The molecule has 3 heteroatoms. The molecule has 1 heterocycles. The van der Waals surface area contributed by atoms with Crippen molar-refractivity contribution in [3.05, 3.63) is 85.1 Å². The minimum Gasteiger partial charge on any atom is -0.436 e. The van der Waals surface area contributed by atoms with E-state index in [9.17, 15) is 0 Å². The van der Waals surface area contributed by atoms with Crippen LogP contribution in [0.3, 0.4) is 0 Å². The Labute approximate surface area is 166 Å². The summed E-state index contributed by atoms with van der Waals surface area (Å²) in [5.74, 6) is 1.41. The van der Waals surface area contributed by atoms with Gasteiger partial charge in [0.2, 0.25) is 5.89 Å². The average Bonchev–Trinajstić information content (AvgIpc) is 3.25.